The van der Waals surface area contributed by atoms with Crippen LogP contribution in [0, 0.1) is 6.92 Å². The highest BCUT2D eigenvalue weighted by Crippen LogP contribution is 2.30. The van der Waals surface area contributed by atoms with Crippen LogP contribution < -0.4 is 0 Å². The first kappa shape index (κ1) is 12.1. The molecule has 1 aromatic heterocycles. The molecule has 0 aliphatic heterocycles. The molecule has 0 unspecified atom stereocenters. The Balaban J connectivity index is 2.73. The molecule has 0 fully saturated rings. The van der Waals surface area contributed by atoms with Crippen molar-refractivity contribution in [1.29, 1.82) is 0 Å². The fraction of sp³-hybridized carbons (Fsp3) is 0.143. The molecule has 2 aromatic rings. The Morgan fingerprint density at radius 2 is 1.72 bits per heavy atom. The summed E-state index contributed by atoms with van der Waals surface area (Å²) in [6, 6.07) is 9.18. The fourth-order valence-corrected chi connectivity index (χ4v) is 2.07. The lowest BCUT2D eigenvalue weighted by atomic mass is 10.0. The SMILES string of the molecule is CC(=O)c1[nH]c(C(=O)O)c(-c2ccccc2)c1C. The molecule has 2 N–H and O–H groups in total. The van der Waals surface area contributed by atoms with Crippen LogP contribution in [0.15, 0.2) is 30.3 Å². The molecule has 0 amide bonds. The summed E-state index contributed by atoms with van der Waals surface area (Å²) in [7, 11) is 0. The van der Waals surface area contributed by atoms with E-state index in [2.05, 4.69) is 4.98 Å². The first-order valence-electron chi connectivity index (χ1n) is 5.54. The van der Waals surface area contributed by atoms with Crippen molar-refractivity contribution in [2.75, 3.05) is 0 Å². The molecule has 0 aliphatic carbocycles. The van der Waals surface area contributed by atoms with E-state index >= 15 is 0 Å². The molecule has 0 saturated heterocycles. The Bertz CT molecular complexity index is 611. The first-order valence-corrected chi connectivity index (χ1v) is 5.54. The molecule has 1 heterocycles. The minimum absolute atomic E-state index is 0.0592. The molecule has 0 atom stereocenters. The van der Waals surface area contributed by atoms with E-state index in [-0.39, 0.29) is 11.5 Å². The largest absolute Gasteiger partial charge is 0.477 e. The van der Waals surface area contributed by atoms with E-state index in [4.69, 9.17) is 0 Å². The third kappa shape index (κ3) is 1.93. The van der Waals surface area contributed by atoms with Crippen molar-refractivity contribution in [2.24, 2.45) is 0 Å². The minimum atomic E-state index is -1.07. The smallest absolute Gasteiger partial charge is 0.352 e. The molecule has 4 nitrogen and oxygen atoms in total. The summed E-state index contributed by atoms with van der Waals surface area (Å²) in [6.07, 6.45) is 0. The molecule has 0 saturated carbocycles. The van der Waals surface area contributed by atoms with Gasteiger partial charge in [0.15, 0.2) is 5.78 Å². The number of rotatable bonds is 3. The highest BCUT2D eigenvalue weighted by molar-refractivity contribution is 6.02. The molecular weight excluding hydrogens is 230 g/mol. The third-order valence-electron chi connectivity index (χ3n) is 2.88. The second-order valence-corrected chi connectivity index (χ2v) is 4.10. The van der Waals surface area contributed by atoms with Gasteiger partial charge in [0.1, 0.15) is 5.69 Å². The van der Waals surface area contributed by atoms with E-state index < -0.39 is 5.97 Å². The van der Waals surface area contributed by atoms with Gasteiger partial charge in [-0.2, -0.15) is 0 Å². The predicted molar refractivity (Wildman–Crippen MR) is 67.9 cm³/mol. The molecule has 18 heavy (non-hydrogen) atoms. The van der Waals surface area contributed by atoms with Crippen molar-refractivity contribution < 1.29 is 14.7 Å². The molecule has 0 spiro atoms. The van der Waals surface area contributed by atoms with Gasteiger partial charge in [-0.05, 0) is 18.1 Å². The van der Waals surface area contributed by atoms with Gasteiger partial charge < -0.3 is 10.1 Å². The van der Waals surface area contributed by atoms with Gasteiger partial charge in [-0.1, -0.05) is 30.3 Å². The minimum Gasteiger partial charge on any atom is -0.477 e. The lowest BCUT2D eigenvalue weighted by molar-refractivity contribution is 0.0692. The summed E-state index contributed by atoms with van der Waals surface area (Å²) in [5.41, 5.74) is 2.45. The van der Waals surface area contributed by atoms with E-state index in [9.17, 15) is 14.7 Å². The number of carbonyl (C=O) groups excluding carboxylic acids is 1. The van der Waals surface area contributed by atoms with Crippen molar-refractivity contribution >= 4 is 11.8 Å². The number of aromatic carboxylic acids is 1. The van der Waals surface area contributed by atoms with Crippen LogP contribution in [0.4, 0.5) is 0 Å². The van der Waals surface area contributed by atoms with Crippen LogP contribution in [0.2, 0.25) is 0 Å². The van der Waals surface area contributed by atoms with Crippen molar-refractivity contribution in [3.05, 3.63) is 47.3 Å². The number of carboxylic acid groups (broad SMARTS) is 1. The van der Waals surface area contributed by atoms with Crippen LogP contribution in [-0.2, 0) is 0 Å². The Kier molecular flexibility index (Phi) is 3.02. The summed E-state index contributed by atoms with van der Waals surface area (Å²) in [5, 5.41) is 9.20. The van der Waals surface area contributed by atoms with Crippen LogP contribution in [0.25, 0.3) is 11.1 Å². The standard InChI is InChI=1S/C14H13NO3/c1-8-11(10-6-4-3-5-7-10)13(14(17)18)15-12(8)9(2)16/h3-7,15H,1-2H3,(H,17,18). The van der Waals surface area contributed by atoms with Gasteiger partial charge in [0.25, 0.3) is 0 Å². The average molecular weight is 243 g/mol. The van der Waals surface area contributed by atoms with Crippen molar-refractivity contribution in [1.82, 2.24) is 4.98 Å². The number of Topliss-reactive ketones (excluding diaryl/α,β-unsaturated/α-hetero) is 1. The van der Waals surface area contributed by atoms with Gasteiger partial charge >= 0.3 is 5.97 Å². The number of nitrogens with one attached hydrogen (secondary N) is 1. The van der Waals surface area contributed by atoms with Gasteiger partial charge in [0.05, 0.1) is 5.69 Å². The number of carbonyl (C=O) groups is 2. The predicted octanol–water partition coefficient (Wildman–Crippen LogP) is 2.89. The van der Waals surface area contributed by atoms with Crippen LogP contribution >= 0.6 is 0 Å². The highest BCUT2D eigenvalue weighted by atomic mass is 16.4. The average Bonchev–Trinajstić information content (AvgIpc) is 2.68. The molecule has 4 heteroatoms. The maximum Gasteiger partial charge on any atom is 0.352 e. The number of ketones is 1. The summed E-state index contributed by atoms with van der Waals surface area (Å²) in [4.78, 5) is 25.4. The second kappa shape index (κ2) is 4.49. The topological polar surface area (TPSA) is 70.2 Å². The maximum absolute atomic E-state index is 11.5. The monoisotopic (exact) mass is 243 g/mol. The van der Waals surface area contributed by atoms with Gasteiger partial charge in [0, 0.05) is 12.5 Å². The summed E-state index contributed by atoms with van der Waals surface area (Å²) >= 11 is 0. The van der Waals surface area contributed by atoms with Crippen molar-refractivity contribution in [3.8, 4) is 11.1 Å². The Morgan fingerprint density at radius 1 is 1.11 bits per heavy atom. The molecule has 92 valence electrons. The third-order valence-corrected chi connectivity index (χ3v) is 2.88. The number of hydrogen-bond donors (Lipinski definition) is 2. The molecule has 0 aliphatic rings. The number of aromatic nitrogens is 1. The van der Waals surface area contributed by atoms with E-state index in [1.165, 1.54) is 6.92 Å². The Morgan fingerprint density at radius 3 is 2.22 bits per heavy atom. The fourth-order valence-electron chi connectivity index (χ4n) is 2.07. The summed E-state index contributed by atoms with van der Waals surface area (Å²) in [5.74, 6) is -1.23. The van der Waals surface area contributed by atoms with E-state index in [1.54, 1.807) is 6.92 Å². The molecular formula is C14H13NO3. The van der Waals surface area contributed by atoms with Gasteiger partial charge in [-0.25, -0.2) is 4.79 Å². The summed E-state index contributed by atoms with van der Waals surface area (Å²) in [6.45, 7) is 3.17. The number of hydrogen-bond acceptors (Lipinski definition) is 2. The van der Waals surface area contributed by atoms with Crippen molar-refractivity contribution in [3.63, 3.8) is 0 Å². The van der Waals surface area contributed by atoms with Crippen LogP contribution in [0.1, 0.15) is 33.5 Å². The zero-order valence-corrected chi connectivity index (χ0v) is 10.2. The van der Waals surface area contributed by atoms with Gasteiger partial charge in [0.2, 0.25) is 0 Å². The zero-order chi connectivity index (χ0) is 13.3. The first-order chi connectivity index (χ1) is 8.52. The van der Waals surface area contributed by atoms with Crippen LogP contribution in [0.3, 0.4) is 0 Å². The Labute approximate surface area is 104 Å². The number of H-pyrrole nitrogens is 1. The van der Waals surface area contributed by atoms with Crippen LogP contribution in [-0.4, -0.2) is 21.8 Å². The van der Waals surface area contributed by atoms with Crippen molar-refractivity contribution in [2.45, 2.75) is 13.8 Å². The normalized spacial score (nSPS) is 10.3. The molecule has 0 radical (unpaired) electrons. The lowest BCUT2D eigenvalue weighted by Crippen LogP contribution is -2.00. The molecule has 1 aromatic carbocycles. The zero-order valence-electron chi connectivity index (χ0n) is 10.2. The lowest BCUT2D eigenvalue weighted by Gasteiger charge is -2.02. The second-order valence-electron chi connectivity index (χ2n) is 4.10. The summed E-state index contributed by atoms with van der Waals surface area (Å²) < 4.78 is 0. The molecule has 2 rings (SSSR count). The maximum atomic E-state index is 11.5. The van der Waals surface area contributed by atoms with E-state index in [0.717, 1.165) is 5.56 Å². The number of benzene rings is 1. The highest BCUT2D eigenvalue weighted by Gasteiger charge is 2.21. The van der Waals surface area contributed by atoms with E-state index in [1.807, 2.05) is 30.3 Å². The van der Waals surface area contributed by atoms with Crippen LogP contribution in [0.5, 0.6) is 0 Å². The van der Waals surface area contributed by atoms with E-state index in [0.29, 0.717) is 16.8 Å². The van der Waals surface area contributed by atoms with Gasteiger partial charge in [-0.3, -0.25) is 4.79 Å². The Hall–Kier alpha value is -2.36. The number of aromatic amines is 1. The molecule has 0 bridgehead atoms. The quantitative estimate of drug-likeness (QED) is 0.814. The van der Waals surface area contributed by atoms with Gasteiger partial charge in [-0.15, -0.1) is 0 Å². The number of carboxylic acids is 1.